The molecule has 0 aliphatic carbocycles. The van der Waals surface area contributed by atoms with E-state index in [-0.39, 0.29) is 22.6 Å². The van der Waals surface area contributed by atoms with Gasteiger partial charge in [-0.25, -0.2) is 8.42 Å². The minimum absolute atomic E-state index is 0.0975. The van der Waals surface area contributed by atoms with Crippen molar-refractivity contribution in [2.75, 3.05) is 12.3 Å². The van der Waals surface area contributed by atoms with Crippen LogP contribution in [0.3, 0.4) is 0 Å². The summed E-state index contributed by atoms with van der Waals surface area (Å²) in [6.07, 6.45) is 2.61. The smallest absolute Gasteiger partial charge is 0.308 e. The summed E-state index contributed by atoms with van der Waals surface area (Å²) < 4.78 is 24.4. The second-order valence-electron chi connectivity index (χ2n) is 6.52. The molecule has 0 radical (unpaired) electrons. The number of piperidine rings is 1. The quantitative estimate of drug-likeness (QED) is 0.834. The fourth-order valence-corrected chi connectivity index (χ4v) is 4.64. The largest absolute Gasteiger partial charge is 0.481 e. The van der Waals surface area contributed by atoms with Crippen LogP contribution in [-0.4, -0.2) is 48.6 Å². The zero-order valence-electron chi connectivity index (χ0n) is 14.6. The van der Waals surface area contributed by atoms with E-state index in [9.17, 15) is 23.1 Å². The van der Waals surface area contributed by atoms with Crippen molar-refractivity contribution in [2.45, 2.75) is 50.5 Å². The maximum atomic E-state index is 12.7. The summed E-state index contributed by atoms with van der Waals surface area (Å²) in [5, 5.41) is 9.27. The average Bonchev–Trinajstić information content (AvgIpc) is 2.59. The number of likely N-dealkylation sites (tertiary alicyclic amines) is 1. The van der Waals surface area contributed by atoms with Crippen molar-refractivity contribution in [3.05, 3.63) is 29.8 Å². The zero-order chi connectivity index (χ0) is 18.6. The average molecular weight is 367 g/mol. The third-order valence-corrected chi connectivity index (χ3v) is 6.61. The summed E-state index contributed by atoms with van der Waals surface area (Å²) in [6.45, 7) is 4.20. The predicted molar refractivity (Wildman–Crippen MR) is 94.3 cm³/mol. The molecule has 0 spiro atoms. The number of hydrogen-bond donors (Lipinski definition) is 1. The number of sulfone groups is 1. The molecule has 1 N–H and O–H groups in total. The molecule has 6 nitrogen and oxygen atoms in total. The molecule has 0 aromatic heterocycles. The molecule has 0 unspecified atom stereocenters. The van der Waals surface area contributed by atoms with Crippen LogP contribution in [0.25, 0.3) is 0 Å². The van der Waals surface area contributed by atoms with E-state index in [1.54, 1.807) is 11.8 Å². The number of rotatable bonds is 6. The summed E-state index contributed by atoms with van der Waals surface area (Å²) in [4.78, 5) is 25.8. The molecule has 138 valence electrons. The van der Waals surface area contributed by atoms with Crippen LogP contribution in [0.2, 0.25) is 0 Å². The Morgan fingerprint density at radius 3 is 2.44 bits per heavy atom. The fourth-order valence-electron chi connectivity index (χ4n) is 3.18. The van der Waals surface area contributed by atoms with E-state index in [2.05, 4.69) is 0 Å². The number of carbonyl (C=O) groups excluding carboxylic acids is 1. The van der Waals surface area contributed by atoms with E-state index in [1.165, 1.54) is 24.3 Å². The fraction of sp³-hybridized carbons (Fsp3) is 0.556. The van der Waals surface area contributed by atoms with Gasteiger partial charge in [0.2, 0.25) is 0 Å². The highest BCUT2D eigenvalue weighted by atomic mass is 32.2. The summed E-state index contributed by atoms with van der Waals surface area (Å²) in [5.41, 5.74) is 0.382. The van der Waals surface area contributed by atoms with Gasteiger partial charge in [0.1, 0.15) is 0 Å². The van der Waals surface area contributed by atoms with Crippen LogP contribution >= 0.6 is 0 Å². The van der Waals surface area contributed by atoms with Gasteiger partial charge in [-0.05, 0) is 50.5 Å². The number of carboxylic acid groups (broad SMARTS) is 1. The first-order valence-electron chi connectivity index (χ1n) is 8.64. The summed E-state index contributed by atoms with van der Waals surface area (Å²) in [7, 11) is -3.32. The van der Waals surface area contributed by atoms with Crippen LogP contribution in [0.1, 0.15) is 49.9 Å². The summed E-state index contributed by atoms with van der Waals surface area (Å²) >= 11 is 0. The lowest BCUT2D eigenvalue weighted by atomic mass is 9.90. The van der Waals surface area contributed by atoms with E-state index in [1.807, 2.05) is 6.92 Å². The number of unbranched alkanes of at least 4 members (excludes halogenated alkanes) is 1. The zero-order valence-corrected chi connectivity index (χ0v) is 15.5. The highest BCUT2D eigenvalue weighted by molar-refractivity contribution is 7.91. The van der Waals surface area contributed by atoms with Gasteiger partial charge in [-0.2, -0.15) is 0 Å². The van der Waals surface area contributed by atoms with Crippen LogP contribution in [0, 0.1) is 5.92 Å². The minimum atomic E-state index is -3.32. The minimum Gasteiger partial charge on any atom is -0.481 e. The van der Waals surface area contributed by atoms with Crippen molar-refractivity contribution in [1.29, 1.82) is 0 Å². The number of carboxylic acids is 1. The van der Waals surface area contributed by atoms with Crippen molar-refractivity contribution in [1.82, 2.24) is 4.90 Å². The molecule has 1 amide bonds. The molecule has 2 rings (SSSR count). The first kappa shape index (κ1) is 19.4. The van der Waals surface area contributed by atoms with Crippen molar-refractivity contribution < 1.29 is 23.1 Å². The lowest BCUT2D eigenvalue weighted by molar-refractivity contribution is -0.144. The summed E-state index contributed by atoms with van der Waals surface area (Å²) in [6, 6.07) is 5.56. The first-order valence-corrected chi connectivity index (χ1v) is 10.3. The molecule has 1 aromatic rings. The van der Waals surface area contributed by atoms with Gasteiger partial charge < -0.3 is 10.0 Å². The Labute approximate surface area is 148 Å². The van der Waals surface area contributed by atoms with Gasteiger partial charge in [-0.1, -0.05) is 13.3 Å². The number of aliphatic carboxylic acids is 1. The molecule has 1 heterocycles. The predicted octanol–water partition coefficient (Wildman–Crippen LogP) is 2.59. The van der Waals surface area contributed by atoms with Crippen molar-refractivity contribution in [2.24, 2.45) is 5.92 Å². The normalized spacial score (nSPS) is 21.1. The standard InChI is InChI=1S/C18H25NO5S/c1-3-4-12-25(23,24)15-9-7-14(8-10-15)17(20)19-11-5-6-16(13(19)2)18(21)22/h7-10,13,16H,3-6,11-12H2,1-2H3,(H,21,22)/t13-,16-/m0/s1. The number of hydrogen-bond acceptors (Lipinski definition) is 4. The third-order valence-electron chi connectivity index (χ3n) is 4.79. The molecule has 25 heavy (non-hydrogen) atoms. The number of benzene rings is 1. The van der Waals surface area contributed by atoms with E-state index in [4.69, 9.17) is 0 Å². The van der Waals surface area contributed by atoms with Gasteiger partial charge in [0, 0.05) is 18.2 Å². The molecule has 0 saturated carbocycles. The van der Waals surface area contributed by atoms with Crippen LogP contribution in [0.4, 0.5) is 0 Å². The molecular formula is C18H25NO5S. The highest BCUT2D eigenvalue weighted by Crippen LogP contribution is 2.26. The number of nitrogens with zero attached hydrogens (tertiary/aromatic N) is 1. The van der Waals surface area contributed by atoms with E-state index in [0.29, 0.717) is 31.4 Å². The summed E-state index contributed by atoms with van der Waals surface area (Å²) in [5.74, 6) is -1.61. The number of amides is 1. The number of carbonyl (C=O) groups is 2. The lowest BCUT2D eigenvalue weighted by Crippen LogP contribution is -2.49. The topological polar surface area (TPSA) is 91.8 Å². The molecule has 1 aliphatic rings. The molecule has 2 atom stereocenters. The Morgan fingerprint density at radius 1 is 1.24 bits per heavy atom. The second kappa shape index (κ2) is 7.99. The van der Waals surface area contributed by atoms with Crippen molar-refractivity contribution in [3.8, 4) is 0 Å². The van der Waals surface area contributed by atoms with E-state index < -0.39 is 21.7 Å². The molecule has 1 saturated heterocycles. The Kier molecular flexibility index (Phi) is 6.21. The Balaban J connectivity index is 2.16. The van der Waals surface area contributed by atoms with Crippen LogP contribution in [0.5, 0.6) is 0 Å². The highest BCUT2D eigenvalue weighted by Gasteiger charge is 2.35. The molecule has 1 aliphatic heterocycles. The van der Waals surface area contributed by atoms with E-state index >= 15 is 0 Å². The maximum absolute atomic E-state index is 12.7. The molecular weight excluding hydrogens is 342 g/mol. The van der Waals surface area contributed by atoms with Crippen LogP contribution < -0.4 is 0 Å². The van der Waals surface area contributed by atoms with Gasteiger partial charge >= 0.3 is 5.97 Å². The van der Waals surface area contributed by atoms with Gasteiger partial charge in [-0.3, -0.25) is 9.59 Å². The Hall–Kier alpha value is -1.89. The van der Waals surface area contributed by atoms with Gasteiger partial charge in [0.25, 0.3) is 5.91 Å². The van der Waals surface area contributed by atoms with E-state index in [0.717, 1.165) is 6.42 Å². The Bertz CT molecular complexity index is 726. The Morgan fingerprint density at radius 2 is 1.88 bits per heavy atom. The van der Waals surface area contributed by atoms with Gasteiger partial charge in [-0.15, -0.1) is 0 Å². The van der Waals surface area contributed by atoms with Gasteiger partial charge in [0.05, 0.1) is 16.6 Å². The van der Waals surface area contributed by atoms with Gasteiger partial charge in [0.15, 0.2) is 9.84 Å². The maximum Gasteiger partial charge on any atom is 0.308 e. The van der Waals surface area contributed by atoms with Crippen molar-refractivity contribution in [3.63, 3.8) is 0 Å². The third kappa shape index (κ3) is 4.39. The lowest BCUT2D eigenvalue weighted by Gasteiger charge is -2.37. The SMILES string of the molecule is CCCCS(=O)(=O)c1ccc(C(=O)N2CCC[C@H](C(=O)O)[C@@H]2C)cc1. The monoisotopic (exact) mass is 367 g/mol. The molecule has 7 heteroatoms. The van der Waals surface area contributed by atoms with Crippen LogP contribution in [0.15, 0.2) is 29.2 Å². The van der Waals surface area contributed by atoms with Crippen LogP contribution in [-0.2, 0) is 14.6 Å². The van der Waals surface area contributed by atoms with Crippen molar-refractivity contribution >= 4 is 21.7 Å². The first-order chi connectivity index (χ1) is 11.8. The molecule has 0 bridgehead atoms. The molecule has 1 aromatic carbocycles. The molecule has 1 fully saturated rings. The second-order valence-corrected chi connectivity index (χ2v) is 8.63.